The Hall–Kier alpha value is -2.12. The molecular formula is C10H15N5O3. The summed E-state index contributed by atoms with van der Waals surface area (Å²) in [5, 5.41) is 18.1. The molecule has 1 aliphatic rings. The highest BCUT2D eigenvalue weighted by Crippen LogP contribution is 2.18. The average molecular weight is 253 g/mol. The van der Waals surface area contributed by atoms with Crippen LogP contribution in [0, 0.1) is 0 Å². The molecule has 0 aromatic carbocycles. The first kappa shape index (κ1) is 12.3. The highest BCUT2D eigenvalue weighted by atomic mass is 16.4. The Labute approximate surface area is 103 Å². The summed E-state index contributed by atoms with van der Waals surface area (Å²) in [6.07, 6.45) is 2.56. The summed E-state index contributed by atoms with van der Waals surface area (Å²) in [6, 6.07) is -1.45. The second-order valence-corrected chi connectivity index (χ2v) is 4.23. The van der Waals surface area contributed by atoms with Gasteiger partial charge in [0.05, 0.1) is 6.04 Å². The van der Waals surface area contributed by atoms with Crippen LogP contribution in [-0.4, -0.2) is 49.8 Å². The molecule has 0 radical (unpaired) electrons. The fourth-order valence-corrected chi connectivity index (χ4v) is 2.03. The smallest absolute Gasteiger partial charge is 0.326 e. The zero-order chi connectivity index (χ0) is 13.1. The van der Waals surface area contributed by atoms with Crippen LogP contribution in [0.3, 0.4) is 0 Å². The normalized spacial score (nSPS) is 20.7. The number of aliphatic carboxylic acids is 1. The Kier molecular flexibility index (Phi) is 3.45. The number of hydrogen-bond acceptors (Lipinski definition) is 4. The number of nitrogens with zero attached hydrogens (tertiary/aromatic N) is 3. The largest absolute Gasteiger partial charge is 0.480 e. The number of hydrogen-bond donors (Lipinski definition) is 3. The van der Waals surface area contributed by atoms with E-state index in [0.717, 1.165) is 0 Å². The number of urea groups is 1. The third-order valence-electron chi connectivity index (χ3n) is 2.98. The molecule has 0 saturated carbocycles. The second-order valence-electron chi connectivity index (χ2n) is 4.23. The number of amides is 2. The van der Waals surface area contributed by atoms with E-state index in [4.69, 9.17) is 5.11 Å². The molecule has 0 bridgehead atoms. The lowest BCUT2D eigenvalue weighted by molar-refractivity contribution is -0.141. The molecule has 0 aliphatic carbocycles. The molecular weight excluding hydrogens is 238 g/mol. The van der Waals surface area contributed by atoms with Crippen molar-refractivity contribution in [3.8, 4) is 0 Å². The zero-order valence-electron chi connectivity index (χ0n) is 9.96. The lowest BCUT2D eigenvalue weighted by atomic mass is 10.2. The van der Waals surface area contributed by atoms with E-state index in [1.807, 2.05) is 0 Å². The minimum Gasteiger partial charge on any atom is -0.480 e. The predicted molar refractivity (Wildman–Crippen MR) is 60.7 cm³/mol. The van der Waals surface area contributed by atoms with Crippen LogP contribution in [-0.2, 0) is 4.79 Å². The maximum absolute atomic E-state index is 12.0. The molecule has 98 valence electrons. The van der Waals surface area contributed by atoms with Crippen molar-refractivity contribution in [1.82, 2.24) is 25.4 Å². The molecule has 1 aromatic heterocycles. The van der Waals surface area contributed by atoms with Crippen LogP contribution < -0.4 is 5.32 Å². The van der Waals surface area contributed by atoms with Crippen molar-refractivity contribution in [3.05, 3.63) is 12.2 Å². The van der Waals surface area contributed by atoms with Gasteiger partial charge >= 0.3 is 12.0 Å². The van der Waals surface area contributed by atoms with Gasteiger partial charge in [-0.2, -0.15) is 5.10 Å². The summed E-state index contributed by atoms with van der Waals surface area (Å²) in [5.41, 5.74) is 0. The van der Waals surface area contributed by atoms with E-state index in [9.17, 15) is 9.59 Å². The SMILES string of the molecule is CC(NC(=O)N1CCC[C@@H]1C(=O)O)c1ncn[nH]1. The van der Waals surface area contributed by atoms with Gasteiger partial charge in [-0.15, -0.1) is 0 Å². The average Bonchev–Trinajstić information content (AvgIpc) is 3.00. The minimum atomic E-state index is -0.963. The van der Waals surface area contributed by atoms with E-state index in [0.29, 0.717) is 25.2 Å². The molecule has 8 heteroatoms. The van der Waals surface area contributed by atoms with Crippen molar-refractivity contribution in [2.24, 2.45) is 0 Å². The standard InChI is InChI=1S/C10H15N5O3/c1-6(8-11-5-12-14-8)13-10(18)15-4-2-3-7(15)9(16)17/h5-7H,2-4H2,1H3,(H,13,18)(H,16,17)(H,11,12,14)/t6?,7-/m1/s1. The number of carbonyl (C=O) groups is 2. The lowest BCUT2D eigenvalue weighted by Crippen LogP contribution is -2.46. The van der Waals surface area contributed by atoms with Gasteiger partial charge in [-0.1, -0.05) is 0 Å². The highest BCUT2D eigenvalue weighted by molar-refractivity contribution is 5.83. The highest BCUT2D eigenvalue weighted by Gasteiger charge is 2.34. The summed E-state index contributed by atoms with van der Waals surface area (Å²) in [7, 11) is 0. The van der Waals surface area contributed by atoms with Crippen LogP contribution >= 0.6 is 0 Å². The van der Waals surface area contributed by atoms with Gasteiger partial charge in [0.25, 0.3) is 0 Å². The van der Waals surface area contributed by atoms with Crippen molar-refractivity contribution in [1.29, 1.82) is 0 Å². The summed E-state index contributed by atoms with van der Waals surface area (Å²) in [6.45, 7) is 2.22. The Morgan fingerprint density at radius 3 is 3.06 bits per heavy atom. The number of H-pyrrole nitrogens is 1. The van der Waals surface area contributed by atoms with Crippen LogP contribution in [0.5, 0.6) is 0 Å². The third kappa shape index (κ3) is 2.41. The first-order valence-electron chi connectivity index (χ1n) is 5.75. The number of carbonyl (C=O) groups excluding carboxylic acids is 1. The molecule has 2 rings (SSSR count). The van der Waals surface area contributed by atoms with E-state index >= 15 is 0 Å². The Morgan fingerprint density at radius 1 is 1.67 bits per heavy atom. The molecule has 2 amide bonds. The molecule has 1 unspecified atom stereocenters. The van der Waals surface area contributed by atoms with Crippen molar-refractivity contribution in [3.63, 3.8) is 0 Å². The van der Waals surface area contributed by atoms with Gasteiger partial charge in [-0.25, -0.2) is 14.6 Å². The van der Waals surface area contributed by atoms with E-state index in [1.165, 1.54) is 11.2 Å². The van der Waals surface area contributed by atoms with Gasteiger partial charge in [0.2, 0.25) is 0 Å². The van der Waals surface area contributed by atoms with E-state index in [-0.39, 0.29) is 12.1 Å². The van der Waals surface area contributed by atoms with Crippen LogP contribution in [0.1, 0.15) is 31.6 Å². The molecule has 8 nitrogen and oxygen atoms in total. The van der Waals surface area contributed by atoms with Gasteiger partial charge in [-0.3, -0.25) is 5.10 Å². The van der Waals surface area contributed by atoms with Crippen molar-refractivity contribution in [2.75, 3.05) is 6.54 Å². The quantitative estimate of drug-likeness (QED) is 0.708. The number of rotatable bonds is 3. The topological polar surface area (TPSA) is 111 Å². The second kappa shape index (κ2) is 5.03. The summed E-state index contributed by atoms with van der Waals surface area (Å²) in [5.74, 6) is -0.426. The molecule has 0 spiro atoms. The molecule has 2 heterocycles. The van der Waals surface area contributed by atoms with Crippen molar-refractivity contribution >= 4 is 12.0 Å². The molecule has 1 aromatic rings. The molecule has 1 fully saturated rings. The van der Waals surface area contributed by atoms with Gasteiger partial charge < -0.3 is 15.3 Å². The van der Waals surface area contributed by atoms with Gasteiger partial charge in [0.1, 0.15) is 18.2 Å². The molecule has 18 heavy (non-hydrogen) atoms. The summed E-state index contributed by atoms with van der Waals surface area (Å²) >= 11 is 0. The van der Waals surface area contributed by atoms with Gasteiger partial charge in [0.15, 0.2) is 0 Å². The predicted octanol–water partition coefficient (Wildman–Crippen LogP) is 0.124. The van der Waals surface area contributed by atoms with E-state index in [1.54, 1.807) is 6.92 Å². The van der Waals surface area contributed by atoms with Crippen LogP contribution in [0.25, 0.3) is 0 Å². The Morgan fingerprint density at radius 2 is 2.44 bits per heavy atom. The monoisotopic (exact) mass is 253 g/mol. The summed E-state index contributed by atoms with van der Waals surface area (Å²) < 4.78 is 0. The number of aromatic amines is 1. The zero-order valence-corrected chi connectivity index (χ0v) is 9.96. The molecule has 2 atom stereocenters. The van der Waals surface area contributed by atoms with Gasteiger partial charge in [0, 0.05) is 6.54 Å². The Balaban J connectivity index is 1.97. The minimum absolute atomic E-state index is 0.338. The molecule has 3 N–H and O–H groups in total. The fraction of sp³-hybridized carbons (Fsp3) is 0.600. The Bertz CT molecular complexity index is 433. The number of likely N-dealkylation sites (tertiary alicyclic amines) is 1. The van der Waals surface area contributed by atoms with Gasteiger partial charge in [-0.05, 0) is 19.8 Å². The van der Waals surface area contributed by atoms with Crippen molar-refractivity contribution < 1.29 is 14.7 Å². The molecule has 1 saturated heterocycles. The number of aromatic nitrogens is 3. The third-order valence-corrected chi connectivity index (χ3v) is 2.98. The number of carboxylic acid groups (broad SMARTS) is 1. The first-order chi connectivity index (χ1) is 8.59. The van der Waals surface area contributed by atoms with E-state index < -0.39 is 12.0 Å². The molecule has 1 aliphatic heterocycles. The van der Waals surface area contributed by atoms with E-state index in [2.05, 4.69) is 20.5 Å². The first-order valence-corrected chi connectivity index (χ1v) is 5.75. The number of nitrogens with one attached hydrogen (secondary N) is 2. The maximum Gasteiger partial charge on any atom is 0.326 e. The van der Waals surface area contributed by atoms with Crippen LogP contribution in [0.4, 0.5) is 4.79 Å². The van der Waals surface area contributed by atoms with Crippen molar-refractivity contribution in [2.45, 2.75) is 31.8 Å². The van der Waals surface area contributed by atoms with Crippen LogP contribution in [0.15, 0.2) is 6.33 Å². The summed E-state index contributed by atoms with van der Waals surface area (Å²) in [4.78, 5) is 28.2. The maximum atomic E-state index is 12.0. The lowest BCUT2D eigenvalue weighted by Gasteiger charge is -2.23. The fourth-order valence-electron chi connectivity index (χ4n) is 2.03. The number of carboxylic acids is 1. The van der Waals surface area contributed by atoms with Crippen LogP contribution in [0.2, 0.25) is 0 Å².